The van der Waals surface area contributed by atoms with E-state index in [1.807, 2.05) is 31.2 Å². The third kappa shape index (κ3) is 3.56. The molecule has 1 aromatic carbocycles. The van der Waals surface area contributed by atoms with Gasteiger partial charge in [-0.2, -0.15) is 0 Å². The van der Waals surface area contributed by atoms with Crippen LogP contribution >= 0.6 is 11.6 Å². The molecule has 24 heavy (non-hydrogen) atoms. The molecule has 0 spiro atoms. The summed E-state index contributed by atoms with van der Waals surface area (Å²) in [6, 6.07) is 7.92. The van der Waals surface area contributed by atoms with Gasteiger partial charge in [-0.05, 0) is 37.6 Å². The average molecular weight is 347 g/mol. The van der Waals surface area contributed by atoms with Crippen molar-refractivity contribution in [3.8, 4) is 0 Å². The number of halogens is 1. The van der Waals surface area contributed by atoms with E-state index in [-0.39, 0.29) is 5.56 Å². The molecule has 0 saturated carbocycles. The lowest BCUT2D eigenvalue weighted by Crippen LogP contribution is -2.47. The molecular formula is C18H23ClN4O. The fraction of sp³-hybridized carbons (Fsp3) is 0.444. The van der Waals surface area contributed by atoms with Gasteiger partial charge in [0, 0.05) is 48.1 Å². The van der Waals surface area contributed by atoms with E-state index < -0.39 is 0 Å². The average Bonchev–Trinajstić information content (AvgIpc) is 2.59. The van der Waals surface area contributed by atoms with Crippen molar-refractivity contribution in [1.82, 2.24) is 9.97 Å². The van der Waals surface area contributed by atoms with Crippen molar-refractivity contribution in [3.05, 3.63) is 50.9 Å². The van der Waals surface area contributed by atoms with Crippen LogP contribution in [0.25, 0.3) is 0 Å². The first-order valence-corrected chi connectivity index (χ1v) is 8.81. The molecule has 1 aliphatic rings. The molecular weight excluding hydrogens is 324 g/mol. The van der Waals surface area contributed by atoms with Crippen molar-refractivity contribution in [2.75, 3.05) is 36.0 Å². The maximum absolute atomic E-state index is 12.3. The molecule has 0 radical (unpaired) electrons. The Balaban J connectivity index is 1.70. The molecule has 3 rings (SSSR count). The number of H-pyrrole nitrogens is 1. The number of benzene rings is 1. The molecule has 0 unspecified atom stereocenters. The summed E-state index contributed by atoms with van der Waals surface area (Å²) in [5, 5.41) is 0.752. The van der Waals surface area contributed by atoms with Gasteiger partial charge in [0.05, 0.1) is 0 Å². The molecule has 0 bridgehead atoms. The molecule has 1 aliphatic heterocycles. The topological polar surface area (TPSA) is 52.2 Å². The van der Waals surface area contributed by atoms with E-state index in [1.165, 1.54) is 5.69 Å². The fourth-order valence-corrected chi connectivity index (χ4v) is 3.24. The standard InChI is InChI=1S/C18H23ClN4O/c1-3-4-16-13(2)20-18(21-17(16)24)23-11-9-22(10-12-23)15-7-5-14(19)6-8-15/h5-8H,3-4,9-12H2,1-2H3,(H,20,21,24). The largest absolute Gasteiger partial charge is 0.368 e. The summed E-state index contributed by atoms with van der Waals surface area (Å²) in [6.45, 7) is 7.44. The van der Waals surface area contributed by atoms with Crippen molar-refractivity contribution in [2.24, 2.45) is 0 Å². The van der Waals surface area contributed by atoms with Crippen LogP contribution in [0, 0.1) is 6.92 Å². The summed E-state index contributed by atoms with van der Waals surface area (Å²) < 4.78 is 0. The second-order valence-electron chi connectivity index (χ2n) is 6.15. The molecule has 1 saturated heterocycles. The lowest BCUT2D eigenvalue weighted by Gasteiger charge is -2.36. The van der Waals surface area contributed by atoms with E-state index in [1.54, 1.807) is 0 Å². The molecule has 0 amide bonds. The Kier molecular flexibility index (Phi) is 5.09. The fourth-order valence-electron chi connectivity index (χ4n) is 3.12. The molecule has 2 aromatic rings. The van der Waals surface area contributed by atoms with Gasteiger partial charge in [-0.1, -0.05) is 24.9 Å². The highest BCUT2D eigenvalue weighted by atomic mass is 35.5. The number of nitrogens with zero attached hydrogens (tertiary/aromatic N) is 3. The Morgan fingerprint density at radius 2 is 1.75 bits per heavy atom. The van der Waals surface area contributed by atoms with E-state index in [2.05, 4.69) is 26.7 Å². The van der Waals surface area contributed by atoms with E-state index in [0.29, 0.717) is 5.95 Å². The Bertz CT molecular complexity index is 749. The van der Waals surface area contributed by atoms with Crippen LogP contribution in [0.4, 0.5) is 11.6 Å². The number of aromatic amines is 1. The second-order valence-corrected chi connectivity index (χ2v) is 6.59. The van der Waals surface area contributed by atoms with E-state index >= 15 is 0 Å². The van der Waals surface area contributed by atoms with Crippen LogP contribution in [0.3, 0.4) is 0 Å². The SMILES string of the molecule is CCCc1c(C)nc(N2CCN(c3ccc(Cl)cc3)CC2)[nH]c1=O. The van der Waals surface area contributed by atoms with Crippen LogP contribution in [0.5, 0.6) is 0 Å². The molecule has 1 aromatic heterocycles. The molecule has 2 heterocycles. The molecule has 5 nitrogen and oxygen atoms in total. The lowest BCUT2D eigenvalue weighted by atomic mass is 10.1. The second kappa shape index (κ2) is 7.26. The van der Waals surface area contributed by atoms with Gasteiger partial charge in [-0.25, -0.2) is 4.98 Å². The summed E-state index contributed by atoms with van der Waals surface area (Å²) in [4.78, 5) is 24.3. The van der Waals surface area contributed by atoms with Gasteiger partial charge in [0.1, 0.15) is 0 Å². The summed E-state index contributed by atoms with van der Waals surface area (Å²) in [5.41, 5.74) is 2.83. The smallest absolute Gasteiger partial charge is 0.255 e. The first kappa shape index (κ1) is 16.8. The number of hydrogen-bond acceptors (Lipinski definition) is 4. The molecule has 1 fully saturated rings. The van der Waals surface area contributed by atoms with Crippen LogP contribution in [-0.2, 0) is 6.42 Å². The zero-order valence-electron chi connectivity index (χ0n) is 14.2. The van der Waals surface area contributed by atoms with Crippen LogP contribution in [0.15, 0.2) is 29.1 Å². The highest BCUT2D eigenvalue weighted by Crippen LogP contribution is 2.20. The third-order valence-corrected chi connectivity index (χ3v) is 4.73. The third-order valence-electron chi connectivity index (χ3n) is 4.48. The Labute approximate surface area is 147 Å². The Morgan fingerprint density at radius 3 is 2.33 bits per heavy atom. The molecule has 0 aliphatic carbocycles. The Hall–Kier alpha value is -2.01. The van der Waals surface area contributed by atoms with E-state index in [0.717, 1.165) is 55.3 Å². The quantitative estimate of drug-likeness (QED) is 0.924. The first-order chi connectivity index (χ1) is 11.6. The minimum absolute atomic E-state index is 0.000481. The van der Waals surface area contributed by atoms with Gasteiger partial charge < -0.3 is 9.80 Å². The number of nitrogens with one attached hydrogen (secondary N) is 1. The maximum Gasteiger partial charge on any atom is 0.255 e. The van der Waals surface area contributed by atoms with E-state index in [9.17, 15) is 4.79 Å². The number of piperazine rings is 1. The van der Waals surface area contributed by atoms with Crippen molar-refractivity contribution in [1.29, 1.82) is 0 Å². The monoisotopic (exact) mass is 346 g/mol. The number of anilines is 2. The number of rotatable bonds is 4. The van der Waals surface area contributed by atoms with Crippen molar-refractivity contribution >= 4 is 23.2 Å². The van der Waals surface area contributed by atoms with Crippen LogP contribution in [0.1, 0.15) is 24.6 Å². The normalized spacial score (nSPS) is 15.0. The van der Waals surface area contributed by atoms with Gasteiger partial charge in [0.15, 0.2) is 0 Å². The van der Waals surface area contributed by atoms with Crippen LogP contribution < -0.4 is 15.4 Å². The molecule has 1 N–H and O–H groups in total. The van der Waals surface area contributed by atoms with Crippen molar-refractivity contribution in [3.63, 3.8) is 0 Å². The van der Waals surface area contributed by atoms with E-state index in [4.69, 9.17) is 11.6 Å². The summed E-state index contributed by atoms with van der Waals surface area (Å²) in [5.74, 6) is 0.688. The number of aromatic nitrogens is 2. The highest BCUT2D eigenvalue weighted by Gasteiger charge is 2.20. The molecule has 6 heteroatoms. The summed E-state index contributed by atoms with van der Waals surface area (Å²) in [7, 11) is 0. The highest BCUT2D eigenvalue weighted by molar-refractivity contribution is 6.30. The zero-order chi connectivity index (χ0) is 17.1. The molecule has 0 atom stereocenters. The van der Waals surface area contributed by atoms with Gasteiger partial charge in [0.25, 0.3) is 5.56 Å². The maximum atomic E-state index is 12.3. The van der Waals surface area contributed by atoms with Crippen molar-refractivity contribution in [2.45, 2.75) is 26.7 Å². The first-order valence-electron chi connectivity index (χ1n) is 8.43. The summed E-state index contributed by atoms with van der Waals surface area (Å²) >= 11 is 5.95. The van der Waals surface area contributed by atoms with Crippen molar-refractivity contribution < 1.29 is 0 Å². The van der Waals surface area contributed by atoms with Gasteiger partial charge >= 0.3 is 0 Å². The van der Waals surface area contributed by atoms with Gasteiger partial charge in [-0.15, -0.1) is 0 Å². The Morgan fingerprint density at radius 1 is 1.12 bits per heavy atom. The van der Waals surface area contributed by atoms with Gasteiger partial charge in [-0.3, -0.25) is 9.78 Å². The molecule has 128 valence electrons. The van der Waals surface area contributed by atoms with Gasteiger partial charge in [0.2, 0.25) is 5.95 Å². The summed E-state index contributed by atoms with van der Waals surface area (Å²) in [6.07, 6.45) is 1.73. The minimum Gasteiger partial charge on any atom is -0.368 e. The zero-order valence-corrected chi connectivity index (χ0v) is 14.9. The predicted octanol–water partition coefficient (Wildman–Crippen LogP) is 3.01. The minimum atomic E-state index is -0.000481. The van der Waals surface area contributed by atoms with Crippen LogP contribution in [-0.4, -0.2) is 36.1 Å². The number of aryl methyl sites for hydroxylation is 1. The number of hydrogen-bond donors (Lipinski definition) is 1. The lowest BCUT2D eigenvalue weighted by molar-refractivity contribution is 0.636. The van der Waals surface area contributed by atoms with Crippen LogP contribution in [0.2, 0.25) is 5.02 Å². The predicted molar refractivity (Wildman–Crippen MR) is 99.5 cm³/mol.